The van der Waals surface area contributed by atoms with E-state index < -0.39 is 18.5 Å². The standard InChI is InChI=1S/C24H22ClN3O4/c1-13-8-10-17(11-9-13)28-16(4)21(15(3)27-28)26-20(29)12-31-24(30)22-14(2)18-6-5-7-19(25)23(18)32-22/h5-11H,12H2,1-4H3,(H,26,29). The molecule has 0 aliphatic carbocycles. The first kappa shape index (κ1) is 21.6. The lowest BCUT2D eigenvalue weighted by Gasteiger charge is -2.08. The topological polar surface area (TPSA) is 86.4 Å². The van der Waals surface area contributed by atoms with Crippen LogP contribution in [0.15, 0.2) is 46.9 Å². The molecule has 164 valence electrons. The van der Waals surface area contributed by atoms with Crippen molar-refractivity contribution in [2.75, 3.05) is 11.9 Å². The van der Waals surface area contributed by atoms with Gasteiger partial charge in [-0.25, -0.2) is 9.48 Å². The molecule has 0 spiro atoms. The number of carbonyl (C=O) groups excluding carboxylic acids is 2. The minimum atomic E-state index is -0.728. The van der Waals surface area contributed by atoms with Gasteiger partial charge in [0.2, 0.25) is 5.76 Å². The van der Waals surface area contributed by atoms with Gasteiger partial charge in [-0.05, 0) is 45.9 Å². The number of nitrogens with zero attached hydrogens (tertiary/aromatic N) is 2. The lowest BCUT2D eigenvalue weighted by atomic mass is 10.1. The first-order valence-electron chi connectivity index (χ1n) is 10.0. The van der Waals surface area contributed by atoms with Crippen LogP contribution in [0.2, 0.25) is 5.02 Å². The monoisotopic (exact) mass is 451 g/mol. The van der Waals surface area contributed by atoms with Crippen LogP contribution in [-0.2, 0) is 9.53 Å². The van der Waals surface area contributed by atoms with E-state index in [1.807, 2.05) is 38.1 Å². The number of aromatic nitrogens is 2. The Hall–Kier alpha value is -3.58. The van der Waals surface area contributed by atoms with Gasteiger partial charge in [-0.1, -0.05) is 41.4 Å². The predicted molar refractivity (Wildman–Crippen MR) is 123 cm³/mol. The normalized spacial score (nSPS) is 11.0. The molecule has 8 heteroatoms. The van der Waals surface area contributed by atoms with Crippen molar-refractivity contribution in [1.29, 1.82) is 0 Å². The smallest absolute Gasteiger partial charge is 0.375 e. The van der Waals surface area contributed by atoms with Crippen LogP contribution >= 0.6 is 11.6 Å². The molecule has 4 aromatic rings. The Labute approximate surface area is 189 Å². The van der Waals surface area contributed by atoms with Crippen molar-refractivity contribution in [1.82, 2.24) is 9.78 Å². The summed E-state index contributed by atoms with van der Waals surface area (Å²) in [7, 11) is 0. The molecule has 0 saturated carbocycles. The summed E-state index contributed by atoms with van der Waals surface area (Å²) in [6.45, 7) is 6.96. The van der Waals surface area contributed by atoms with Crippen LogP contribution in [0.5, 0.6) is 0 Å². The minimum absolute atomic E-state index is 0.0282. The number of ether oxygens (including phenoxy) is 1. The number of carbonyl (C=O) groups is 2. The molecule has 32 heavy (non-hydrogen) atoms. The van der Waals surface area contributed by atoms with Gasteiger partial charge in [0.1, 0.15) is 0 Å². The van der Waals surface area contributed by atoms with Gasteiger partial charge < -0.3 is 14.5 Å². The van der Waals surface area contributed by atoms with Gasteiger partial charge in [-0.2, -0.15) is 5.10 Å². The van der Waals surface area contributed by atoms with E-state index in [-0.39, 0.29) is 5.76 Å². The Morgan fingerprint density at radius 3 is 2.50 bits per heavy atom. The Morgan fingerprint density at radius 1 is 1.09 bits per heavy atom. The number of nitrogens with one attached hydrogen (secondary N) is 1. The molecule has 0 atom stereocenters. The fraction of sp³-hybridized carbons (Fsp3) is 0.208. The van der Waals surface area contributed by atoms with Crippen LogP contribution in [0.4, 0.5) is 5.69 Å². The summed E-state index contributed by atoms with van der Waals surface area (Å²) in [5.41, 5.74) is 5.07. The van der Waals surface area contributed by atoms with E-state index in [0.717, 1.165) is 22.3 Å². The van der Waals surface area contributed by atoms with E-state index in [9.17, 15) is 9.59 Å². The molecule has 2 aromatic carbocycles. The van der Waals surface area contributed by atoms with Crippen molar-refractivity contribution in [3.05, 3.63) is 75.8 Å². The average molecular weight is 452 g/mol. The zero-order chi connectivity index (χ0) is 23.0. The maximum Gasteiger partial charge on any atom is 0.375 e. The molecule has 0 aliphatic rings. The van der Waals surface area contributed by atoms with Crippen LogP contribution in [0.3, 0.4) is 0 Å². The predicted octanol–water partition coefficient (Wildman–Crippen LogP) is 5.30. The molecular formula is C24H22ClN3O4. The maximum atomic E-state index is 12.5. The number of aryl methyl sites for hydroxylation is 3. The zero-order valence-electron chi connectivity index (χ0n) is 18.2. The van der Waals surface area contributed by atoms with Crippen LogP contribution in [0.25, 0.3) is 16.7 Å². The van der Waals surface area contributed by atoms with Crippen molar-refractivity contribution in [3.63, 3.8) is 0 Å². The number of fused-ring (bicyclic) bond motifs is 1. The van der Waals surface area contributed by atoms with E-state index in [4.69, 9.17) is 20.8 Å². The third-order valence-corrected chi connectivity index (χ3v) is 5.57. The minimum Gasteiger partial charge on any atom is -0.450 e. The van der Waals surface area contributed by atoms with E-state index in [1.165, 1.54) is 0 Å². The number of benzene rings is 2. The molecule has 0 aliphatic heterocycles. The molecule has 2 aromatic heterocycles. The quantitative estimate of drug-likeness (QED) is 0.416. The molecule has 2 heterocycles. The molecular weight excluding hydrogens is 430 g/mol. The number of para-hydroxylation sites is 1. The van der Waals surface area contributed by atoms with Crippen molar-refractivity contribution < 1.29 is 18.7 Å². The Balaban J connectivity index is 1.46. The molecule has 0 fully saturated rings. The Morgan fingerprint density at radius 2 is 1.81 bits per heavy atom. The number of anilines is 1. The van der Waals surface area contributed by atoms with Crippen LogP contribution < -0.4 is 5.32 Å². The number of amides is 1. The number of esters is 1. The summed E-state index contributed by atoms with van der Waals surface area (Å²) in [6.07, 6.45) is 0. The second kappa shape index (κ2) is 8.51. The second-order valence-electron chi connectivity index (χ2n) is 7.59. The number of rotatable bonds is 5. The first-order chi connectivity index (χ1) is 15.3. The summed E-state index contributed by atoms with van der Waals surface area (Å²) in [4.78, 5) is 25.0. The fourth-order valence-corrected chi connectivity index (χ4v) is 3.75. The van der Waals surface area contributed by atoms with Gasteiger partial charge in [0.05, 0.1) is 27.8 Å². The number of hydrogen-bond acceptors (Lipinski definition) is 5. The van der Waals surface area contributed by atoms with Crippen molar-refractivity contribution in [3.8, 4) is 5.69 Å². The van der Waals surface area contributed by atoms with Crippen LogP contribution in [-0.4, -0.2) is 28.3 Å². The number of furan rings is 1. The molecule has 0 unspecified atom stereocenters. The molecule has 0 radical (unpaired) electrons. The van der Waals surface area contributed by atoms with E-state index >= 15 is 0 Å². The lowest BCUT2D eigenvalue weighted by Crippen LogP contribution is -2.21. The highest BCUT2D eigenvalue weighted by atomic mass is 35.5. The van der Waals surface area contributed by atoms with Gasteiger partial charge in [-0.15, -0.1) is 0 Å². The zero-order valence-corrected chi connectivity index (χ0v) is 18.9. The first-order valence-corrected chi connectivity index (χ1v) is 10.4. The van der Waals surface area contributed by atoms with Crippen LogP contribution in [0.1, 0.15) is 33.1 Å². The third-order valence-electron chi connectivity index (χ3n) is 5.27. The van der Waals surface area contributed by atoms with Gasteiger partial charge in [0, 0.05) is 10.9 Å². The van der Waals surface area contributed by atoms with E-state index in [2.05, 4.69) is 10.4 Å². The molecule has 1 amide bonds. The molecule has 1 N–H and O–H groups in total. The molecule has 4 rings (SSSR count). The fourth-order valence-electron chi connectivity index (χ4n) is 3.54. The highest BCUT2D eigenvalue weighted by Crippen LogP contribution is 2.31. The second-order valence-corrected chi connectivity index (χ2v) is 8.00. The highest BCUT2D eigenvalue weighted by Gasteiger charge is 2.22. The van der Waals surface area contributed by atoms with Gasteiger partial charge in [0.15, 0.2) is 12.2 Å². The number of halogens is 1. The molecule has 7 nitrogen and oxygen atoms in total. The van der Waals surface area contributed by atoms with Crippen LogP contribution in [0, 0.1) is 27.7 Å². The SMILES string of the molecule is Cc1ccc(-n2nc(C)c(NC(=O)COC(=O)c3oc4c(Cl)cccc4c3C)c2C)cc1. The third kappa shape index (κ3) is 3.99. The lowest BCUT2D eigenvalue weighted by molar-refractivity contribution is -0.119. The number of hydrogen-bond donors (Lipinski definition) is 1. The Kier molecular flexibility index (Phi) is 5.76. The van der Waals surface area contributed by atoms with Gasteiger partial charge in [-0.3, -0.25) is 4.79 Å². The summed E-state index contributed by atoms with van der Waals surface area (Å²) >= 11 is 6.13. The summed E-state index contributed by atoms with van der Waals surface area (Å²) in [5, 5.41) is 8.43. The Bertz CT molecular complexity index is 1340. The van der Waals surface area contributed by atoms with E-state index in [1.54, 1.807) is 36.7 Å². The average Bonchev–Trinajstić information content (AvgIpc) is 3.25. The largest absolute Gasteiger partial charge is 0.450 e. The highest BCUT2D eigenvalue weighted by molar-refractivity contribution is 6.35. The van der Waals surface area contributed by atoms with Crippen molar-refractivity contribution in [2.45, 2.75) is 27.7 Å². The van der Waals surface area contributed by atoms with Gasteiger partial charge >= 0.3 is 5.97 Å². The summed E-state index contributed by atoms with van der Waals surface area (Å²) in [5.74, 6) is -1.17. The van der Waals surface area contributed by atoms with Gasteiger partial charge in [0.25, 0.3) is 5.91 Å². The maximum absolute atomic E-state index is 12.5. The summed E-state index contributed by atoms with van der Waals surface area (Å²) < 4.78 is 12.5. The summed E-state index contributed by atoms with van der Waals surface area (Å²) in [6, 6.07) is 13.2. The molecule has 0 saturated heterocycles. The molecule has 0 bridgehead atoms. The van der Waals surface area contributed by atoms with E-state index in [0.29, 0.717) is 27.6 Å². The van der Waals surface area contributed by atoms with Crippen molar-refractivity contribution in [2.24, 2.45) is 0 Å². The van der Waals surface area contributed by atoms with Crippen molar-refractivity contribution >= 4 is 40.1 Å².